The minimum atomic E-state index is -3.63. The zero-order chi connectivity index (χ0) is 21.3. The van der Waals surface area contributed by atoms with E-state index in [9.17, 15) is 13.2 Å². The van der Waals surface area contributed by atoms with Crippen LogP contribution in [0.4, 0.5) is 0 Å². The number of carbonyl (C=O) groups excluding carboxylic acids is 1. The first kappa shape index (κ1) is 21.6. The Morgan fingerprint density at radius 2 is 1.70 bits per heavy atom. The first-order valence-electron chi connectivity index (χ1n) is 9.82. The number of halogens is 2. The summed E-state index contributed by atoms with van der Waals surface area (Å²) in [5.41, 5.74) is 1.11. The number of rotatable bonds is 4. The highest BCUT2D eigenvalue weighted by atomic mass is 35.5. The maximum absolute atomic E-state index is 13.2. The van der Waals surface area contributed by atoms with E-state index in [1.807, 2.05) is 12.1 Å². The summed E-state index contributed by atoms with van der Waals surface area (Å²) in [6.45, 7) is 2.13. The Hall–Kier alpha value is -1.64. The number of nitrogens with zero attached hydrogens (tertiary/aromatic N) is 2. The third-order valence-electron chi connectivity index (χ3n) is 5.47. The van der Waals surface area contributed by atoms with Crippen LogP contribution in [0.15, 0.2) is 47.4 Å². The summed E-state index contributed by atoms with van der Waals surface area (Å²) in [4.78, 5) is 15.0. The molecule has 2 aromatic rings. The topological polar surface area (TPSA) is 66.9 Å². The number of amides is 1. The van der Waals surface area contributed by atoms with Gasteiger partial charge in [0.1, 0.15) is 6.10 Å². The lowest BCUT2D eigenvalue weighted by Gasteiger charge is -2.33. The smallest absolute Gasteiger partial charge is 0.255 e. The maximum Gasteiger partial charge on any atom is 0.255 e. The standard InChI is InChI=1S/C21H22Cl2N2O4S/c22-16-5-3-15(4-6-16)20-14-24(11-12-29-20)21(26)18-13-17(7-8-19(18)23)30(27,28)25-9-1-2-10-25/h3-8,13,20H,1-2,9-12,14H2. The lowest BCUT2D eigenvalue weighted by Crippen LogP contribution is -2.42. The molecule has 1 amide bonds. The summed E-state index contributed by atoms with van der Waals surface area (Å²) in [7, 11) is -3.63. The SMILES string of the molecule is O=C(c1cc(S(=O)(=O)N2CCCC2)ccc1Cl)N1CCOC(c2ccc(Cl)cc2)C1. The van der Waals surface area contributed by atoms with Crippen molar-refractivity contribution in [2.45, 2.75) is 23.8 Å². The van der Waals surface area contributed by atoms with Gasteiger partial charge in [-0.2, -0.15) is 4.31 Å². The third-order valence-corrected chi connectivity index (χ3v) is 7.94. The van der Waals surface area contributed by atoms with Crippen LogP contribution in [0.2, 0.25) is 10.0 Å². The van der Waals surface area contributed by atoms with E-state index in [4.69, 9.17) is 27.9 Å². The number of hydrogen-bond acceptors (Lipinski definition) is 4. The fourth-order valence-electron chi connectivity index (χ4n) is 3.79. The van der Waals surface area contributed by atoms with E-state index in [1.54, 1.807) is 17.0 Å². The minimum absolute atomic E-state index is 0.0969. The summed E-state index contributed by atoms with van der Waals surface area (Å²) in [6, 6.07) is 11.6. The van der Waals surface area contributed by atoms with Crippen LogP contribution in [-0.2, 0) is 14.8 Å². The van der Waals surface area contributed by atoms with E-state index in [2.05, 4.69) is 0 Å². The van der Waals surface area contributed by atoms with Crippen molar-refractivity contribution >= 4 is 39.1 Å². The highest BCUT2D eigenvalue weighted by molar-refractivity contribution is 7.89. The van der Waals surface area contributed by atoms with Gasteiger partial charge in [-0.25, -0.2) is 8.42 Å². The number of sulfonamides is 1. The number of hydrogen-bond donors (Lipinski definition) is 0. The van der Waals surface area contributed by atoms with Crippen LogP contribution in [0.1, 0.15) is 34.9 Å². The number of ether oxygens (including phenoxy) is 1. The van der Waals surface area contributed by atoms with Gasteiger partial charge in [-0.1, -0.05) is 35.3 Å². The molecule has 2 aliphatic rings. The highest BCUT2D eigenvalue weighted by Crippen LogP contribution is 2.29. The van der Waals surface area contributed by atoms with Crippen LogP contribution < -0.4 is 0 Å². The predicted molar refractivity (Wildman–Crippen MR) is 115 cm³/mol. The van der Waals surface area contributed by atoms with E-state index in [1.165, 1.54) is 22.5 Å². The molecule has 160 valence electrons. The van der Waals surface area contributed by atoms with Crippen LogP contribution in [0.5, 0.6) is 0 Å². The Bertz CT molecular complexity index is 1040. The van der Waals surface area contributed by atoms with Crippen molar-refractivity contribution in [3.05, 3.63) is 63.6 Å². The molecular formula is C21H22Cl2N2O4S. The summed E-state index contributed by atoms with van der Waals surface area (Å²) in [5, 5.41) is 0.861. The zero-order valence-electron chi connectivity index (χ0n) is 16.3. The molecule has 0 aliphatic carbocycles. The van der Waals surface area contributed by atoms with E-state index in [0.717, 1.165) is 18.4 Å². The molecule has 0 saturated carbocycles. The van der Waals surface area contributed by atoms with Gasteiger partial charge < -0.3 is 9.64 Å². The molecule has 2 heterocycles. The number of carbonyl (C=O) groups is 1. The van der Waals surface area contributed by atoms with Crippen LogP contribution in [0.25, 0.3) is 0 Å². The molecule has 0 N–H and O–H groups in total. The third kappa shape index (κ3) is 4.36. The van der Waals surface area contributed by atoms with Crippen LogP contribution in [0, 0.1) is 0 Å². The average Bonchev–Trinajstić information content (AvgIpc) is 3.30. The second-order valence-electron chi connectivity index (χ2n) is 7.41. The summed E-state index contributed by atoms with van der Waals surface area (Å²) < 4.78 is 33.1. The van der Waals surface area contributed by atoms with Gasteiger partial charge in [-0.05, 0) is 48.7 Å². The van der Waals surface area contributed by atoms with Crippen LogP contribution >= 0.6 is 23.2 Å². The number of morpholine rings is 1. The molecule has 0 radical (unpaired) electrons. The Balaban J connectivity index is 1.57. The second-order valence-corrected chi connectivity index (χ2v) is 10.2. The predicted octanol–water partition coefficient (Wildman–Crippen LogP) is 3.99. The quantitative estimate of drug-likeness (QED) is 0.679. The van der Waals surface area contributed by atoms with Gasteiger partial charge in [-0.15, -0.1) is 0 Å². The normalized spacial score (nSPS) is 20.5. The summed E-state index contributed by atoms with van der Waals surface area (Å²) in [6.07, 6.45) is 1.41. The monoisotopic (exact) mass is 468 g/mol. The molecule has 2 fully saturated rings. The molecule has 9 heteroatoms. The Kier molecular flexibility index (Phi) is 6.36. The van der Waals surface area contributed by atoms with Gasteiger partial charge in [0.05, 0.1) is 28.6 Å². The first-order valence-corrected chi connectivity index (χ1v) is 12.0. The molecule has 2 aliphatic heterocycles. The Morgan fingerprint density at radius 1 is 1.00 bits per heavy atom. The van der Waals surface area contributed by atoms with Gasteiger partial charge >= 0.3 is 0 Å². The fourth-order valence-corrected chi connectivity index (χ4v) is 5.66. The lowest BCUT2D eigenvalue weighted by molar-refractivity contribution is -0.0228. The molecule has 30 heavy (non-hydrogen) atoms. The van der Waals surface area contributed by atoms with Gasteiger partial charge in [0, 0.05) is 24.7 Å². The highest BCUT2D eigenvalue weighted by Gasteiger charge is 2.31. The molecule has 0 spiro atoms. The average molecular weight is 469 g/mol. The molecule has 2 saturated heterocycles. The maximum atomic E-state index is 13.2. The van der Waals surface area contributed by atoms with Gasteiger partial charge in [0.15, 0.2) is 0 Å². The van der Waals surface area contributed by atoms with Gasteiger partial charge in [0.2, 0.25) is 10.0 Å². The van der Waals surface area contributed by atoms with E-state index in [0.29, 0.717) is 37.8 Å². The first-order chi connectivity index (χ1) is 14.4. The molecule has 0 bridgehead atoms. The van der Waals surface area contributed by atoms with Gasteiger partial charge in [-0.3, -0.25) is 4.79 Å². The summed E-state index contributed by atoms with van der Waals surface area (Å²) >= 11 is 12.2. The van der Waals surface area contributed by atoms with Crippen molar-refractivity contribution in [2.75, 3.05) is 32.8 Å². The van der Waals surface area contributed by atoms with Gasteiger partial charge in [0.25, 0.3) is 5.91 Å². The van der Waals surface area contributed by atoms with Crippen LogP contribution in [0.3, 0.4) is 0 Å². The molecular weight excluding hydrogens is 447 g/mol. The minimum Gasteiger partial charge on any atom is -0.370 e. The Labute approximate surface area is 186 Å². The molecule has 4 rings (SSSR count). The van der Waals surface area contributed by atoms with Crippen LogP contribution in [-0.4, -0.2) is 56.3 Å². The lowest BCUT2D eigenvalue weighted by atomic mass is 10.1. The van der Waals surface area contributed by atoms with Crippen molar-refractivity contribution < 1.29 is 17.9 Å². The van der Waals surface area contributed by atoms with E-state index >= 15 is 0 Å². The van der Waals surface area contributed by atoms with E-state index < -0.39 is 10.0 Å². The largest absolute Gasteiger partial charge is 0.370 e. The molecule has 6 nitrogen and oxygen atoms in total. The van der Waals surface area contributed by atoms with Crippen molar-refractivity contribution in [1.29, 1.82) is 0 Å². The van der Waals surface area contributed by atoms with Crippen molar-refractivity contribution in [3.8, 4) is 0 Å². The van der Waals surface area contributed by atoms with Crippen molar-refractivity contribution in [1.82, 2.24) is 9.21 Å². The summed E-state index contributed by atoms with van der Waals surface area (Å²) in [5.74, 6) is -0.305. The van der Waals surface area contributed by atoms with Crippen molar-refractivity contribution in [3.63, 3.8) is 0 Å². The molecule has 2 aromatic carbocycles. The second kappa shape index (κ2) is 8.85. The molecule has 0 aromatic heterocycles. The zero-order valence-corrected chi connectivity index (χ0v) is 18.6. The van der Waals surface area contributed by atoms with Crippen molar-refractivity contribution in [2.24, 2.45) is 0 Å². The molecule has 1 unspecified atom stereocenters. The molecule has 1 atom stereocenters. The van der Waals surface area contributed by atoms with E-state index in [-0.39, 0.29) is 27.5 Å². The fraction of sp³-hybridized carbons (Fsp3) is 0.381. The number of benzene rings is 2. The Morgan fingerprint density at radius 3 is 2.40 bits per heavy atom.